The van der Waals surface area contributed by atoms with Gasteiger partial charge >= 0.3 is 0 Å². The maximum Gasteiger partial charge on any atom is 0.214 e. The van der Waals surface area contributed by atoms with Crippen LogP contribution >= 0.6 is 0 Å². The lowest BCUT2D eigenvalue weighted by molar-refractivity contribution is -0.00218. The average Bonchev–Trinajstić information content (AvgIpc) is 2.84. The molecule has 2 fully saturated rings. The van der Waals surface area contributed by atoms with Crippen LogP contribution in [0.25, 0.3) is 0 Å². The van der Waals surface area contributed by atoms with E-state index >= 15 is 0 Å². The fourth-order valence-corrected chi connectivity index (χ4v) is 5.96. The first kappa shape index (κ1) is 25.0. The van der Waals surface area contributed by atoms with Gasteiger partial charge in [0.15, 0.2) is 5.82 Å². The predicted molar refractivity (Wildman–Crippen MR) is 131 cm³/mol. The van der Waals surface area contributed by atoms with Crippen molar-refractivity contribution in [3.63, 3.8) is 0 Å². The van der Waals surface area contributed by atoms with Crippen LogP contribution in [0.5, 0.6) is 0 Å². The number of sulfonamides is 1. The molecular weight excluding hydrogens is 455 g/mol. The minimum absolute atomic E-state index is 0.00484. The van der Waals surface area contributed by atoms with Crippen molar-refractivity contribution in [1.82, 2.24) is 14.9 Å². The van der Waals surface area contributed by atoms with Gasteiger partial charge in [-0.2, -0.15) is 5.10 Å². The zero-order chi connectivity index (χ0) is 24.1. The largest absolute Gasteiger partial charge is 0.378 e. The van der Waals surface area contributed by atoms with Gasteiger partial charge in [0.1, 0.15) is 5.82 Å². The number of piperidine rings is 1. The van der Waals surface area contributed by atoms with Crippen molar-refractivity contribution in [2.45, 2.75) is 69.3 Å². The minimum Gasteiger partial charge on any atom is -0.378 e. The van der Waals surface area contributed by atoms with Crippen molar-refractivity contribution in [2.75, 3.05) is 24.6 Å². The molecule has 1 aromatic carbocycles. The molecule has 1 saturated carbocycles. The summed E-state index contributed by atoms with van der Waals surface area (Å²) in [6.07, 6.45) is 6.24. The fourth-order valence-electron chi connectivity index (χ4n) is 4.96. The molecule has 0 radical (unpaired) electrons. The lowest BCUT2D eigenvalue weighted by Gasteiger charge is -2.40. The van der Waals surface area contributed by atoms with Crippen LogP contribution in [0.2, 0.25) is 0 Å². The normalized spacial score (nSPS) is 26.1. The van der Waals surface area contributed by atoms with E-state index < -0.39 is 15.3 Å². The highest BCUT2D eigenvalue weighted by atomic mass is 32.2. The van der Waals surface area contributed by atoms with Crippen LogP contribution in [0.15, 0.2) is 42.6 Å². The standard InChI is InChI=1S/C25H35FN4O3S/c1-18(2)34(31,32)29-24-12-14-30(25-7-4-13-27-28-25)16-21(24)17-33-23-10-8-19(9-11-23)20-5-3-6-22(26)15-20/h3-7,13,15,18-19,21,23-24,29H,8-12,14,16-17H2,1-2H3/t19?,21-,23?,24-/m0/s1. The van der Waals surface area contributed by atoms with E-state index in [4.69, 9.17) is 4.74 Å². The first-order valence-corrected chi connectivity index (χ1v) is 13.8. The Balaban J connectivity index is 1.37. The molecule has 2 aromatic rings. The fraction of sp³-hybridized carbons (Fsp3) is 0.600. The summed E-state index contributed by atoms with van der Waals surface area (Å²) >= 11 is 0. The molecule has 1 aliphatic carbocycles. The molecule has 0 bridgehead atoms. The van der Waals surface area contributed by atoms with Crippen LogP contribution in [-0.2, 0) is 14.8 Å². The molecule has 7 nitrogen and oxygen atoms in total. The Hall–Kier alpha value is -2.10. The van der Waals surface area contributed by atoms with Crippen molar-refractivity contribution >= 4 is 15.8 Å². The molecule has 0 unspecified atom stereocenters. The second-order valence-electron chi connectivity index (χ2n) is 9.76. The van der Waals surface area contributed by atoms with Gasteiger partial charge in [-0.25, -0.2) is 17.5 Å². The third-order valence-electron chi connectivity index (χ3n) is 7.09. The van der Waals surface area contributed by atoms with Gasteiger partial charge in [-0.05, 0) is 81.7 Å². The Morgan fingerprint density at radius 3 is 2.62 bits per heavy atom. The van der Waals surface area contributed by atoms with E-state index in [0.717, 1.165) is 37.1 Å². The third-order valence-corrected chi connectivity index (χ3v) is 8.97. The Kier molecular flexibility index (Phi) is 8.16. The number of ether oxygens (including phenoxy) is 1. The van der Waals surface area contributed by atoms with Gasteiger partial charge in [0.2, 0.25) is 10.0 Å². The summed E-state index contributed by atoms with van der Waals surface area (Å²) in [5, 5.41) is 7.73. The highest BCUT2D eigenvalue weighted by molar-refractivity contribution is 7.90. The van der Waals surface area contributed by atoms with Gasteiger partial charge in [-0.3, -0.25) is 0 Å². The summed E-state index contributed by atoms with van der Waals surface area (Å²) in [6.45, 7) is 5.23. The first-order chi connectivity index (χ1) is 16.3. The topological polar surface area (TPSA) is 84.4 Å². The number of nitrogens with one attached hydrogen (secondary N) is 1. The summed E-state index contributed by atoms with van der Waals surface area (Å²) in [5.74, 6) is 0.984. The van der Waals surface area contributed by atoms with Gasteiger partial charge in [0, 0.05) is 31.2 Å². The molecule has 186 valence electrons. The molecule has 2 aliphatic rings. The Bertz CT molecular complexity index is 1030. The molecule has 1 N–H and O–H groups in total. The minimum atomic E-state index is -3.38. The molecule has 0 amide bonds. The molecule has 0 spiro atoms. The maximum atomic E-state index is 13.6. The van der Waals surface area contributed by atoms with Gasteiger partial charge in [0.25, 0.3) is 0 Å². The van der Waals surface area contributed by atoms with Crippen molar-refractivity contribution in [1.29, 1.82) is 0 Å². The molecular formula is C25H35FN4O3S. The Morgan fingerprint density at radius 2 is 1.94 bits per heavy atom. The van der Waals surface area contributed by atoms with Crippen LogP contribution in [0.4, 0.5) is 10.2 Å². The molecule has 2 atom stereocenters. The van der Waals surface area contributed by atoms with Crippen LogP contribution in [0.1, 0.15) is 57.4 Å². The monoisotopic (exact) mass is 490 g/mol. The van der Waals surface area contributed by atoms with E-state index in [1.54, 1.807) is 32.2 Å². The van der Waals surface area contributed by atoms with E-state index in [2.05, 4.69) is 19.8 Å². The van der Waals surface area contributed by atoms with Crippen molar-refractivity contribution in [3.8, 4) is 0 Å². The number of nitrogens with zero attached hydrogens (tertiary/aromatic N) is 3. The predicted octanol–water partition coefficient (Wildman–Crippen LogP) is 3.88. The zero-order valence-electron chi connectivity index (χ0n) is 19.9. The van der Waals surface area contributed by atoms with Crippen LogP contribution in [-0.4, -0.2) is 55.7 Å². The first-order valence-electron chi connectivity index (χ1n) is 12.2. The second-order valence-corrected chi connectivity index (χ2v) is 12.0. The molecule has 1 aliphatic heterocycles. The highest BCUT2D eigenvalue weighted by Gasteiger charge is 2.34. The number of halogens is 1. The molecule has 1 saturated heterocycles. The second kappa shape index (κ2) is 11.1. The Morgan fingerprint density at radius 1 is 1.15 bits per heavy atom. The summed E-state index contributed by atoms with van der Waals surface area (Å²) < 4.78 is 48.0. The number of anilines is 1. The number of benzene rings is 1. The average molecular weight is 491 g/mol. The smallest absolute Gasteiger partial charge is 0.214 e. The zero-order valence-corrected chi connectivity index (χ0v) is 20.8. The van der Waals surface area contributed by atoms with Crippen LogP contribution in [0.3, 0.4) is 0 Å². The summed E-state index contributed by atoms with van der Waals surface area (Å²) in [4.78, 5) is 2.15. The molecule has 1 aromatic heterocycles. The SMILES string of the molecule is CC(C)S(=O)(=O)N[C@H]1CCN(c2cccnn2)C[C@H]1COC1CCC(c2cccc(F)c2)CC1. The van der Waals surface area contributed by atoms with E-state index in [9.17, 15) is 12.8 Å². The lowest BCUT2D eigenvalue weighted by atomic mass is 9.82. The van der Waals surface area contributed by atoms with E-state index in [0.29, 0.717) is 32.0 Å². The van der Waals surface area contributed by atoms with E-state index in [1.165, 1.54) is 6.07 Å². The van der Waals surface area contributed by atoms with Crippen molar-refractivity contribution in [2.24, 2.45) is 5.92 Å². The molecule has 34 heavy (non-hydrogen) atoms. The number of aromatic nitrogens is 2. The molecule has 4 rings (SSSR count). The van der Waals surface area contributed by atoms with E-state index in [1.807, 2.05) is 18.2 Å². The lowest BCUT2D eigenvalue weighted by Crippen LogP contribution is -2.54. The van der Waals surface area contributed by atoms with Crippen LogP contribution < -0.4 is 9.62 Å². The number of hydrogen-bond donors (Lipinski definition) is 1. The quantitative estimate of drug-likeness (QED) is 0.605. The van der Waals surface area contributed by atoms with Crippen molar-refractivity contribution in [3.05, 3.63) is 54.0 Å². The third kappa shape index (κ3) is 6.31. The van der Waals surface area contributed by atoms with Crippen LogP contribution in [0, 0.1) is 11.7 Å². The highest BCUT2D eigenvalue weighted by Crippen LogP contribution is 2.35. The maximum absolute atomic E-state index is 13.6. The molecule has 9 heteroatoms. The summed E-state index contributed by atoms with van der Waals surface area (Å²) in [7, 11) is -3.38. The van der Waals surface area contributed by atoms with Gasteiger partial charge in [0.05, 0.1) is 18.0 Å². The molecule has 2 heterocycles. The van der Waals surface area contributed by atoms with Gasteiger partial charge in [-0.15, -0.1) is 5.10 Å². The van der Waals surface area contributed by atoms with Crippen molar-refractivity contribution < 1.29 is 17.5 Å². The number of rotatable bonds is 8. The summed E-state index contributed by atoms with van der Waals surface area (Å²) in [6, 6.07) is 10.5. The van der Waals surface area contributed by atoms with Gasteiger partial charge in [-0.1, -0.05) is 12.1 Å². The van der Waals surface area contributed by atoms with E-state index in [-0.39, 0.29) is 23.9 Å². The van der Waals surface area contributed by atoms with Gasteiger partial charge < -0.3 is 9.64 Å². The Labute approximate surface area is 202 Å². The summed E-state index contributed by atoms with van der Waals surface area (Å²) in [5.41, 5.74) is 1.06. The number of hydrogen-bond acceptors (Lipinski definition) is 6.